The van der Waals surface area contributed by atoms with Crippen molar-refractivity contribution in [2.24, 2.45) is 0 Å². The zero-order valence-corrected chi connectivity index (χ0v) is 14.9. The molecule has 1 amide bonds. The van der Waals surface area contributed by atoms with Gasteiger partial charge in [-0.2, -0.15) is 0 Å². The van der Waals surface area contributed by atoms with E-state index < -0.39 is 6.10 Å². The van der Waals surface area contributed by atoms with Crippen molar-refractivity contribution >= 4 is 40.4 Å². The fourth-order valence-corrected chi connectivity index (χ4v) is 3.30. The number of hydrogen-bond donors (Lipinski definition) is 0. The average Bonchev–Trinajstić information content (AvgIpc) is 2.87. The van der Waals surface area contributed by atoms with Crippen molar-refractivity contribution in [2.75, 3.05) is 7.05 Å². The predicted octanol–water partition coefficient (Wildman–Crippen LogP) is 4.79. The molecule has 0 radical (unpaired) electrons. The molecule has 3 nitrogen and oxygen atoms in total. The molecule has 0 saturated heterocycles. The molecule has 0 aliphatic heterocycles. The van der Waals surface area contributed by atoms with Crippen molar-refractivity contribution in [1.82, 2.24) is 4.90 Å². The van der Waals surface area contributed by atoms with Crippen LogP contribution in [0.5, 0.6) is 5.75 Å². The molecule has 0 aliphatic rings. The number of hydrogen-bond acceptors (Lipinski definition) is 3. The molecule has 0 spiro atoms. The molecule has 2 aromatic rings. The minimum Gasteiger partial charge on any atom is -0.479 e. The largest absolute Gasteiger partial charge is 0.479 e. The smallest absolute Gasteiger partial charge is 0.263 e. The summed E-state index contributed by atoms with van der Waals surface area (Å²) in [4.78, 5) is 15.0. The fourth-order valence-electron chi connectivity index (χ4n) is 2.00. The van der Waals surface area contributed by atoms with Crippen molar-refractivity contribution in [2.45, 2.75) is 26.5 Å². The second-order valence-electron chi connectivity index (χ2n) is 5.09. The molecule has 1 unspecified atom stereocenters. The topological polar surface area (TPSA) is 29.5 Å². The van der Waals surface area contributed by atoms with Crippen LogP contribution in [0.15, 0.2) is 30.3 Å². The Morgan fingerprint density at radius 2 is 2.05 bits per heavy atom. The third kappa shape index (κ3) is 4.38. The molecule has 0 saturated carbocycles. The van der Waals surface area contributed by atoms with E-state index in [2.05, 4.69) is 0 Å². The van der Waals surface area contributed by atoms with E-state index in [-0.39, 0.29) is 5.91 Å². The van der Waals surface area contributed by atoms with Crippen LogP contribution in [0.4, 0.5) is 0 Å². The number of likely N-dealkylation sites (N-methyl/N-ethyl adjacent to an activating group) is 1. The number of halogens is 2. The van der Waals surface area contributed by atoms with Crippen LogP contribution < -0.4 is 4.74 Å². The van der Waals surface area contributed by atoms with E-state index in [0.717, 1.165) is 10.4 Å². The molecule has 118 valence electrons. The molecule has 0 N–H and O–H groups in total. The minimum atomic E-state index is -0.611. The van der Waals surface area contributed by atoms with E-state index in [1.807, 2.05) is 31.2 Å². The number of benzene rings is 1. The third-order valence-corrected chi connectivity index (χ3v) is 4.66. The maximum Gasteiger partial charge on any atom is 0.263 e. The van der Waals surface area contributed by atoms with Gasteiger partial charge in [-0.25, -0.2) is 0 Å². The van der Waals surface area contributed by atoms with E-state index in [1.54, 1.807) is 24.9 Å². The van der Waals surface area contributed by atoms with Gasteiger partial charge in [0.25, 0.3) is 5.91 Å². The van der Waals surface area contributed by atoms with Crippen LogP contribution in [-0.4, -0.2) is 24.0 Å². The second kappa shape index (κ2) is 7.36. The molecule has 2 rings (SSSR count). The SMILES string of the molecule is Cc1ccc(Cl)c(OC(C)C(=O)N(C)Cc2ccc(Cl)s2)c1. The first kappa shape index (κ1) is 17.1. The summed E-state index contributed by atoms with van der Waals surface area (Å²) in [6.07, 6.45) is -0.611. The molecular formula is C16H17Cl2NO2S. The number of carbonyl (C=O) groups is 1. The number of rotatable bonds is 5. The Balaban J connectivity index is 2.00. The van der Waals surface area contributed by atoms with Gasteiger partial charge < -0.3 is 9.64 Å². The van der Waals surface area contributed by atoms with Gasteiger partial charge >= 0.3 is 0 Å². The van der Waals surface area contributed by atoms with Crippen LogP contribution in [0.25, 0.3) is 0 Å². The second-order valence-corrected chi connectivity index (χ2v) is 7.30. The van der Waals surface area contributed by atoms with Crippen LogP contribution in [0.2, 0.25) is 9.36 Å². The van der Waals surface area contributed by atoms with E-state index >= 15 is 0 Å². The van der Waals surface area contributed by atoms with Crippen molar-refractivity contribution in [3.63, 3.8) is 0 Å². The number of ether oxygens (including phenoxy) is 1. The third-order valence-electron chi connectivity index (χ3n) is 3.14. The van der Waals surface area contributed by atoms with Crippen LogP contribution >= 0.6 is 34.5 Å². The Kier molecular flexibility index (Phi) is 5.73. The lowest BCUT2D eigenvalue weighted by Crippen LogP contribution is -2.37. The maximum absolute atomic E-state index is 12.4. The zero-order valence-electron chi connectivity index (χ0n) is 12.6. The highest BCUT2D eigenvalue weighted by atomic mass is 35.5. The van der Waals surface area contributed by atoms with E-state index in [9.17, 15) is 4.79 Å². The molecule has 0 bridgehead atoms. The average molecular weight is 358 g/mol. The molecule has 0 aliphatic carbocycles. The number of carbonyl (C=O) groups excluding carboxylic acids is 1. The van der Waals surface area contributed by atoms with Gasteiger partial charge in [-0.15, -0.1) is 11.3 Å². The monoisotopic (exact) mass is 357 g/mol. The first-order valence-electron chi connectivity index (χ1n) is 6.79. The predicted molar refractivity (Wildman–Crippen MR) is 92.1 cm³/mol. The highest BCUT2D eigenvalue weighted by molar-refractivity contribution is 7.16. The van der Waals surface area contributed by atoms with Gasteiger partial charge in [0.15, 0.2) is 6.10 Å². The number of amides is 1. The maximum atomic E-state index is 12.4. The standard InChI is InChI=1S/C16H17Cl2NO2S/c1-10-4-6-13(17)14(8-10)21-11(2)16(20)19(3)9-12-5-7-15(18)22-12/h4-8,11H,9H2,1-3H3. The Morgan fingerprint density at radius 3 is 2.68 bits per heavy atom. The van der Waals surface area contributed by atoms with E-state index in [1.165, 1.54) is 11.3 Å². The minimum absolute atomic E-state index is 0.109. The van der Waals surface area contributed by atoms with Crippen molar-refractivity contribution in [3.05, 3.63) is 50.1 Å². The first-order chi connectivity index (χ1) is 10.4. The lowest BCUT2D eigenvalue weighted by molar-refractivity contribution is -0.137. The van der Waals surface area contributed by atoms with Crippen LogP contribution in [0.1, 0.15) is 17.4 Å². The van der Waals surface area contributed by atoms with Crippen LogP contribution in [0, 0.1) is 6.92 Å². The number of aryl methyl sites for hydroxylation is 1. The molecule has 1 heterocycles. The summed E-state index contributed by atoms with van der Waals surface area (Å²) < 4.78 is 6.42. The lowest BCUT2D eigenvalue weighted by Gasteiger charge is -2.22. The summed E-state index contributed by atoms with van der Waals surface area (Å²) in [5, 5.41) is 0.498. The van der Waals surface area contributed by atoms with E-state index in [4.69, 9.17) is 27.9 Å². The number of thiophene rings is 1. The molecular weight excluding hydrogens is 341 g/mol. The molecule has 6 heteroatoms. The van der Waals surface area contributed by atoms with Gasteiger partial charge in [-0.05, 0) is 43.7 Å². The summed E-state index contributed by atoms with van der Waals surface area (Å²) in [7, 11) is 1.74. The summed E-state index contributed by atoms with van der Waals surface area (Å²) in [6, 6.07) is 9.23. The van der Waals surface area contributed by atoms with Crippen molar-refractivity contribution in [3.8, 4) is 5.75 Å². The fraction of sp³-hybridized carbons (Fsp3) is 0.312. The lowest BCUT2D eigenvalue weighted by atomic mass is 10.2. The van der Waals surface area contributed by atoms with Gasteiger partial charge in [0.1, 0.15) is 5.75 Å². The summed E-state index contributed by atoms with van der Waals surface area (Å²) in [6.45, 7) is 4.17. The highest BCUT2D eigenvalue weighted by Gasteiger charge is 2.20. The van der Waals surface area contributed by atoms with Crippen molar-refractivity contribution in [1.29, 1.82) is 0 Å². The Bertz CT molecular complexity index is 672. The normalized spacial score (nSPS) is 12.0. The summed E-state index contributed by atoms with van der Waals surface area (Å²) in [5.41, 5.74) is 1.03. The Hall–Kier alpha value is -1.23. The highest BCUT2D eigenvalue weighted by Crippen LogP contribution is 2.27. The molecule has 22 heavy (non-hydrogen) atoms. The van der Waals surface area contributed by atoms with Gasteiger partial charge in [-0.3, -0.25) is 4.79 Å². The summed E-state index contributed by atoms with van der Waals surface area (Å²) >= 11 is 13.5. The Morgan fingerprint density at radius 1 is 1.32 bits per heavy atom. The van der Waals surface area contributed by atoms with E-state index in [0.29, 0.717) is 21.7 Å². The molecule has 1 aromatic heterocycles. The van der Waals surface area contributed by atoms with Crippen LogP contribution in [0.3, 0.4) is 0 Å². The summed E-state index contributed by atoms with van der Waals surface area (Å²) in [5.74, 6) is 0.414. The zero-order chi connectivity index (χ0) is 16.3. The quantitative estimate of drug-likeness (QED) is 0.769. The molecule has 0 fully saturated rings. The van der Waals surface area contributed by atoms with Crippen molar-refractivity contribution < 1.29 is 9.53 Å². The van der Waals surface area contributed by atoms with Crippen LogP contribution in [-0.2, 0) is 11.3 Å². The van der Waals surface area contributed by atoms with Gasteiger partial charge in [0, 0.05) is 11.9 Å². The first-order valence-corrected chi connectivity index (χ1v) is 8.36. The van der Waals surface area contributed by atoms with Gasteiger partial charge in [-0.1, -0.05) is 29.3 Å². The Labute approximate surface area is 144 Å². The molecule has 1 atom stereocenters. The van der Waals surface area contributed by atoms with Gasteiger partial charge in [0.2, 0.25) is 0 Å². The van der Waals surface area contributed by atoms with Gasteiger partial charge in [0.05, 0.1) is 15.9 Å². The molecule has 1 aromatic carbocycles. The number of nitrogens with zero attached hydrogens (tertiary/aromatic N) is 1.